The number of para-hydroxylation sites is 1. The van der Waals surface area contributed by atoms with E-state index in [1.807, 2.05) is 30.3 Å². The fourth-order valence-electron chi connectivity index (χ4n) is 2.77. The van der Waals surface area contributed by atoms with Crippen molar-refractivity contribution >= 4 is 21.6 Å². The Bertz CT molecular complexity index is 1060. The van der Waals surface area contributed by atoms with Crippen LogP contribution in [0.1, 0.15) is 20.8 Å². The Labute approximate surface area is 176 Å². The van der Waals surface area contributed by atoms with Gasteiger partial charge in [-0.3, -0.25) is 14.4 Å². The molecule has 162 valence electrons. The number of aromatic nitrogens is 2. The summed E-state index contributed by atoms with van der Waals surface area (Å²) in [4.78, 5) is 14.2. The van der Waals surface area contributed by atoms with Crippen LogP contribution in [0.4, 0.5) is 11.5 Å². The van der Waals surface area contributed by atoms with Gasteiger partial charge in [0.2, 0.25) is 0 Å². The molecule has 30 heavy (non-hydrogen) atoms. The quantitative estimate of drug-likeness (QED) is 0.493. The lowest BCUT2D eigenvalue weighted by Crippen LogP contribution is -2.21. The molecule has 3 aromatic rings. The topological polar surface area (TPSA) is 107 Å². The maximum absolute atomic E-state index is 12.0. The smallest absolute Gasteiger partial charge is 0.294 e. The van der Waals surface area contributed by atoms with Crippen LogP contribution in [0.2, 0.25) is 0 Å². The van der Waals surface area contributed by atoms with E-state index in [1.54, 1.807) is 0 Å². The third-order valence-electron chi connectivity index (χ3n) is 4.51. The van der Waals surface area contributed by atoms with Crippen LogP contribution >= 0.6 is 0 Å². The molecule has 0 aliphatic heterocycles. The normalized spacial score (nSPS) is 11.1. The van der Waals surface area contributed by atoms with Gasteiger partial charge in [0.15, 0.2) is 0 Å². The monoisotopic (exact) mass is 432 g/mol. The summed E-state index contributed by atoms with van der Waals surface area (Å²) in [7, 11) is -4.26. The Morgan fingerprint density at radius 3 is 2.00 bits per heavy atom. The van der Waals surface area contributed by atoms with Gasteiger partial charge in [-0.2, -0.15) is 8.42 Å². The molecule has 0 bridgehead atoms. The van der Waals surface area contributed by atoms with Crippen LogP contribution in [0.15, 0.2) is 70.4 Å². The van der Waals surface area contributed by atoms with Crippen LogP contribution in [0, 0.1) is 0 Å². The molecule has 0 aliphatic rings. The van der Waals surface area contributed by atoms with Crippen molar-refractivity contribution in [2.75, 3.05) is 25.0 Å². The van der Waals surface area contributed by atoms with Crippen LogP contribution in [0.25, 0.3) is 5.69 Å². The molecular formula is C21H28N4O4S. The van der Waals surface area contributed by atoms with Crippen LogP contribution in [-0.4, -0.2) is 47.3 Å². The number of anilines is 2. The molecule has 0 amide bonds. The lowest BCUT2D eigenvalue weighted by molar-refractivity contribution is 0.321. The summed E-state index contributed by atoms with van der Waals surface area (Å²) in [6.07, 6.45) is 0. The molecule has 0 spiro atoms. The molecule has 0 radical (unpaired) electrons. The summed E-state index contributed by atoms with van der Waals surface area (Å²) in [5.41, 5.74) is 0.967. The van der Waals surface area contributed by atoms with Gasteiger partial charge in [-0.15, -0.1) is 0 Å². The number of rotatable bonds is 7. The highest BCUT2D eigenvalue weighted by atomic mass is 32.2. The highest BCUT2D eigenvalue weighted by Crippen LogP contribution is 2.15. The molecule has 0 aliphatic carbocycles. The lowest BCUT2D eigenvalue weighted by atomic mass is 10.3. The van der Waals surface area contributed by atoms with E-state index in [0.717, 1.165) is 5.69 Å². The van der Waals surface area contributed by atoms with E-state index in [-0.39, 0.29) is 10.5 Å². The minimum Gasteiger partial charge on any atom is -0.341 e. The molecule has 0 unspecified atom stereocenters. The molecule has 1 heterocycles. The van der Waals surface area contributed by atoms with E-state index in [9.17, 15) is 13.2 Å². The van der Waals surface area contributed by atoms with Crippen molar-refractivity contribution in [1.29, 1.82) is 0 Å². The van der Waals surface area contributed by atoms with Gasteiger partial charge in [0.1, 0.15) is 5.82 Å². The van der Waals surface area contributed by atoms with Crippen molar-refractivity contribution in [3.8, 4) is 5.69 Å². The van der Waals surface area contributed by atoms with Crippen molar-refractivity contribution in [2.24, 2.45) is 0 Å². The summed E-state index contributed by atoms with van der Waals surface area (Å²) >= 11 is 0. The predicted molar refractivity (Wildman–Crippen MR) is 119 cm³/mol. The number of H-pyrrole nitrogens is 1. The van der Waals surface area contributed by atoms with Crippen molar-refractivity contribution in [2.45, 2.75) is 25.7 Å². The standard InChI is InChI=1S/C15H13N3O4S.C6H15N/c19-15-10-14(16-11-4-2-1-3-5-11)17-18(15)12-6-8-13(9-7-12)23(20,21)22;1-4-7(5-2)6-3/h1-10,16-17H,(H,20,21,22);4-6H2,1-3H3. The second-order valence-corrected chi connectivity index (χ2v) is 7.84. The lowest BCUT2D eigenvalue weighted by Gasteiger charge is -2.13. The van der Waals surface area contributed by atoms with Crippen molar-refractivity contribution in [3.63, 3.8) is 0 Å². The van der Waals surface area contributed by atoms with E-state index in [4.69, 9.17) is 4.55 Å². The maximum Gasteiger partial charge on any atom is 0.294 e. The highest BCUT2D eigenvalue weighted by molar-refractivity contribution is 7.85. The van der Waals surface area contributed by atoms with E-state index >= 15 is 0 Å². The minimum atomic E-state index is -4.26. The second-order valence-electron chi connectivity index (χ2n) is 6.42. The van der Waals surface area contributed by atoms with Crippen LogP contribution in [-0.2, 0) is 10.1 Å². The second kappa shape index (κ2) is 10.8. The molecule has 0 atom stereocenters. The van der Waals surface area contributed by atoms with Crippen molar-refractivity contribution in [1.82, 2.24) is 14.7 Å². The molecule has 1 aromatic heterocycles. The Morgan fingerprint density at radius 2 is 1.53 bits per heavy atom. The summed E-state index contributed by atoms with van der Waals surface area (Å²) in [6, 6.07) is 16.0. The number of nitrogens with zero attached hydrogens (tertiary/aromatic N) is 2. The van der Waals surface area contributed by atoms with E-state index in [0.29, 0.717) is 11.5 Å². The maximum atomic E-state index is 12.0. The van der Waals surface area contributed by atoms with E-state index < -0.39 is 10.1 Å². The number of hydrogen-bond donors (Lipinski definition) is 3. The third kappa shape index (κ3) is 6.58. The van der Waals surface area contributed by atoms with Crippen LogP contribution in [0.3, 0.4) is 0 Å². The van der Waals surface area contributed by atoms with Gasteiger partial charge < -0.3 is 10.2 Å². The number of benzene rings is 2. The molecule has 3 N–H and O–H groups in total. The largest absolute Gasteiger partial charge is 0.341 e. The fourth-order valence-corrected chi connectivity index (χ4v) is 3.25. The first kappa shape index (κ1) is 23.4. The fraction of sp³-hybridized carbons (Fsp3) is 0.286. The summed E-state index contributed by atoms with van der Waals surface area (Å²) < 4.78 is 32.3. The molecule has 0 fully saturated rings. The minimum absolute atomic E-state index is 0.233. The molecule has 0 saturated heterocycles. The van der Waals surface area contributed by atoms with Gasteiger partial charge in [0.05, 0.1) is 10.6 Å². The Balaban J connectivity index is 0.000000396. The number of hydrogen-bond acceptors (Lipinski definition) is 5. The van der Waals surface area contributed by atoms with Gasteiger partial charge in [-0.1, -0.05) is 39.0 Å². The molecule has 3 rings (SSSR count). The third-order valence-corrected chi connectivity index (χ3v) is 5.38. The zero-order chi connectivity index (χ0) is 22.1. The zero-order valence-corrected chi connectivity index (χ0v) is 18.2. The Morgan fingerprint density at radius 1 is 0.967 bits per heavy atom. The molecule has 2 aromatic carbocycles. The first-order chi connectivity index (χ1) is 14.3. The summed E-state index contributed by atoms with van der Waals surface area (Å²) in [6.45, 7) is 10.1. The van der Waals surface area contributed by atoms with Crippen LogP contribution < -0.4 is 10.9 Å². The molecule has 0 saturated carbocycles. The average Bonchev–Trinajstić information content (AvgIpc) is 3.10. The van der Waals surface area contributed by atoms with E-state index in [1.165, 1.54) is 54.6 Å². The Hall–Kier alpha value is -2.88. The number of nitrogens with one attached hydrogen (secondary N) is 2. The first-order valence-electron chi connectivity index (χ1n) is 9.72. The van der Waals surface area contributed by atoms with Crippen molar-refractivity contribution in [3.05, 3.63) is 71.0 Å². The SMILES string of the molecule is CCN(CC)CC.O=c1cc(Nc2ccccc2)[nH]n1-c1ccc(S(=O)(=O)O)cc1. The van der Waals surface area contributed by atoms with Gasteiger partial charge >= 0.3 is 0 Å². The van der Waals surface area contributed by atoms with Gasteiger partial charge in [-0.25, -0.2) is 4.68 Å². The summed E-state index contributed by atoms with van der Waals surface area (Å²) in [5.74, 6) is 0.500. The predicted octanol–water partition coefficient (Wildman–Crippen LogP) is 3.50. The highest BCUT2D eigenvalue weighted by Gasteiger charge is 2.10. The average molecular weight is 433 g/mol. The molecular weight excluding hydrogens is 404 g/mol. The van der Waals surface area contributed by atoms with Gasteiger partial charge in [0.25, 0.3) is 15.7 Å². The van der Waals surface area contributed by atoms with E-state index in [2.05, 4.69) is 36.1 Å². The van der Waals surface area contributed by atoms with Crippen LogP contribution in [0.5, 0.6) is 0 Å². The molecule has 8 nitrogen and oxygen atoms in total. The first-order valence-corrected chi connectivity index (χ1v) is 11.2. The number of aromatic amines is 1. The Kier molecular flexibility index (Phi) is 8.40. The summed E-state index contributed by atoms with van der Waals surface area (Å²) in [5, 5.41) is 5.94. The van der Waals surface area contributed by atoms with Gasteiger partial charge in [0, 0.05) is 11.8 Å². The van der Waals surface area contributed by atoms with Crippen molar-refractivity contribution < 1.29 is 13.0 Å². The zero-order valence-electron chi connectivity index (χ0n) is 17.4. The molecule has 9 heteroatoms. The van der Waals surface area contributed by atoms with Gasteiger partial charge in [-0.05, 0) is 56.0 Å².